The average molecular weight is 495 g/mol. The van der Waals surface area contributed by atoms with E-state index in [0.717, 1.165) is 40.1 Å². The van der Waals surface area contributed by atoms with E-state index < -0.39 is 0 Å². The zero-order valence-corrected chi connectivity index (χ0v) is 19.2. The molecule has 0 spiro atoms. The van der Waals surface area contributed by atoms with Crippen LogP contribution in [0, 0.1) is 0 Å². The zero-order chi connectivity index (χ0) is 20.6. The van der Waals surface area contributed by atoms with E-state index in [0.29, 0.717) is 23.2 Å². The summed E-state index contributed by atoms with van der Waals surface area (Å²) in [4.78, 5) is 0. The molecule has 3 aromatic rings. The fraction of sp³-hybridized carbons (Fsp3) is 0.217. The van der Waals surface area contributed by atoms with Crippen molar-refractivity contribution in [1.29, 1.82) is 0 Å². The minimum atomic E-state index is 0.314. The van der Waals surface area contributed by atoms with Crippen molar-refractivity contribution in [3.05, 3.63) is 91.9 Å². The van der Waals surface area contributed by atoms with Gasteiger partial charge in [-0.3, -0.25) is 0 Å². The molecule has 0 aliphatic rings. The van der Waals surface area contributed by atoms with Crippen LogP contribution >= 0.6 is 39.1 Å². The van der Waals surface area contributed by atoms with Crippen molar-refractivity contribution in [2.75, 3.05) is 13.7 Å². The quantitative estimate of drug-likeness (QED) is 0.336. The summed E-state index contributed by atoms with van der Waals surface area (Å²) in [6.07, 6.45) is 0.878. The van der Waals surface area contributed by atoms with Gasteiger partial charge in [-0.25, -0.2) is 0 Å². The van der Waals surface area contributed by atoms with Gasteiger partial charge in [-0.2, -0.15) is 0 Å². The Kier molecular flexibility index (Phi) is 8.25. The lowest BCUT2D eigenvalue weighted by atomic mass is 10.1. The second kappa shape index (κ2) is 10.9. The molecule has 0 unspecified atom stereocenters. The number of halogens is 3. The van der Waals surface area contributed by atoms with Crippen LogP contribution in [0.1, 0.15) is 16.7 Å². The molecule has 0 aliphatic carbocycles. The van der Waals surface area contributed by atoms with Crippen LogP contribution in [-0.4, -0.2) is 13.7 Å². The molecule has 0 bridgehead atoms. The summed E-state index contributed by atoms with van der Waals surface area (Å²) in [5.41, 5.74) is 3.03. The first-order valence-corrected chi connectivity index (χ1v) is 10.8. The van der Waals surface area contributed by atoms with Crippen molar-refractivity contribution in [1.82, 2.24) is 5.32 Å². The number of para-hydroxylation sites is 1. The van der Waals surface area contributed by atoms with E-state index in [1.54, 1.807) is 7.11 Å². The maximum atomic E-state index is 6.25. The summed E-state index contributed by atoms with van der Waals surface area (Å²) < 4.78 is 12.5. The van der Waals surface area contributed by atoms with E-state index in [2.05, 4.69) is 33.4 Å². The SMILES string of the molecule is COc1ccccc1CCNCc1cc(Br)ccc1OCc1c(Cl)cccc1Cl. The van der Waals surface area contributed by atoms with Crippen LogP contribution in [0.15, 0.2) is 65.1 Å². The van der Waals surface area contributed by atoms with Gasteiger partial charge in [-0.05, 0) is 54.9 Å². The number of methoxy groups -OCH3 is 1. The molecule has 3 aromatic carbocycles. The first-order valence-electron chi connectivity index (χ1n) is 9.25. The highest BCUT2D eigenvalue weighted by Gasteiger charge is 2.10. The molecule has 0 saturated heterocycles. The molecule has 0 amide bonds. The fourth-order valence-electron chi connectivity index (χ4n) is 3.00. The van der Waals surface area contributed by atoms with Crippen LogP contribution in [0.5, 0.6) is 11.5 Å². The first kappa shape index (κ1) is 22.0. The summed E-state index contributed by atoms with van der Waals surface area (Å²) in [5, 5.41) is 4.69. The number of hydrogen-bond acceptors (Lipinski definition) is 3. The Morgan fingerprint density at radius 1 is 0.897 bits per heavy atom. The molecule has 1 N–H and O–H groups in total. The molecular weight excluding hydrogens is 473 g/mol. The minimum absolute atomic E-state index is 0.314. The number of hydrogen-bond donors (Lipinski definition) is 1. The van der Waals surface area contributed by atoms with E-state index in [1.165, 1.54) is 5.56 Å². The van der Waals surface area contributed by atoms with Gasteiger partial charge >= 0.3 is 0 Å². The second-order valence-electron chi connectivity index (χ2n) is 6.48. The summed E-state index contributed by atoms with van der Waals surface area (Å²) >= 11 is 16.0. The van der Waals surface area contributed by atoms with Gasteiger partial charge in [0.05, 0.1) is 7.11 Å². The highest BCUT2D eigenvalue weighted by Crippen LogP contribution is 2.28. The standard InChI is InChI=1S/C23H22BrCl2NO2/c1-28-22-8-3-2-5-16(22)11-12-27-14-17-13-18(24)9-10-23(17)29-15-19-20(25)6-4-7-21(19)26/h2-10,13,27H,11-12,14-15H2,1H3. The van der Waals surface area contributed by atoms with Gasteiger partial charge in [0.1, 0.15) is 18.1 Å². The second-order valence-corrected chi connectivity index (χ2v) is 8.21. The third-order valence-corrected chi connectivity index (χ3v) is 5.74. The van der Waals surface area contributed by atoms with E-state index in [-0.39, 0.29) is 0 Å². The molecule has 3 nitrogen and oxygen atoms in total. The Hall–Kier alpha value is -1.72. The number of nitrogens with one attached hydrogen (secondary N) is 1. The Labute approximate surface area is 190 Å². The van der Waals surface area contributed by atoms with Gasteiger partial charge in [-0.15, -0.1) is 0 Å². The van der Waals surface area contributed by atoms with Gasteiger partial charge in [0.25, 0.3) is 0 Å². The normalized spacial score (nSPS) is 10.8. The first-order chi connectivity index (χ1) is 14.1. The van der Waals surface area contributed by atoms with Crippen molar-refractivity contribution in [2.24, 2.45) is 0 Å². The molecule has 0 saturated carbocycles. The van der Waals surface area contributed by atoms with E-state index in [4.69, 9.17) is 32.7 Å². The average Bonchev–Trinajstić information content (AvgIpc) is 2.72. The molecule has 0 aromatic heterocycles. The molecule has 29 heavy (non-hydrogen) atoms. The topological polar surface area (TPSA) is 30.5 Å². The highest BCUT2D eigenvalue weighted by molar-refractivity contribution is 9.10. The predicted octanol–water partition coefficient (Wildman–Crippen LogP) is 6.68. The minimum Gasteiger partial charge on any atom is -0.496 e. The van der Waals surface area contributed by atoms with Gasteiger partial charge < -0.3 is 14.8 Å². The summed E-state index contributed by atoms with van der Waals surface area (Å²) in [6, 6.07) is 19.5. The van der Waals surface area contributed by atoms with Crippen molar-refractivity contribution in [3.8, 4) is 11.5 Å². The Bertz CT molecular complexity index is 945. The summed E-state index contributed by atoms with van der Waals surface area (Å²) in [6.45, 7) is 1.82. The van der Waals surface area contributed by atoms with Gasteiger partial charge in [0, 0.05) is 32.2 Å². The largest absolute Gasteiger partial charge is 0.496 e. The van der Waals surface area contributed by atoms with Gasteiger partial charge in [0.15, 0.2) is 0 Å². The molecule has 0 radical (unpaired) electrons. The molecule has 0 heterocycles. The van der Waals surface area contributed by atoms with Crippen LogP contribution in [0.4, 0.5) is 0 Å². The Morgan fingerprint density at radius 2 is 1.66 bits per heavy atom. The molecule has 0 atom stereocenters. The Balaban J connectivity index is 1.61. The molecule has 6 heteroatoms. The lowest BCUT2D eigenvalue weighted by molar-refractivity contribution is 0.302. The van der Waals surface area contributed by atoms with Crippen LogP contribution in [0.3, 0.4) is 0 Å². The molecule has 0 fully saturated rings. The zero-order valence-electron chi connectivity index (χ0n) is 16.1. The van der Waals surface area contributed by atoms with Crippen molar-refractivity contribution < 1.29 is 9.47 Å². The number of ether oxygens (including phenoxy) is 2. The smallest absolute Gasteiger partial charge is 0.124 e. The van der Waals surface area contributed by atoms with Gasteiger partial charge in [0.2, 0.25) is 0 Å². The molecule has 0 aliphatic heterocycles. The summed E-state index contributed by atoms with van der Waals surface area (Å²) in [5.74, 6) is 1.71. The molecule has 152 valence electrons. The van der Waals surface area contributed by atoms with Crippen molar-refractivity contribution in [3.63, 3.8) is 0 Å². The van der Waals surface area contributed by atoms with Crippen LogP contribution in [0.25, 0.3) is 0 Å². The third kappa shape index (κ3) is 6.13. The predicted molar refractivity (Wildman–Crippen MR) is 123 cm³/mol. The maximum Gasteiger partial charge on any atom is 0.124 e. The lowest BCUT2D eigenvalue weighted by Crippen LogP contribution is -2.17. The van der Waals surface area contributed by atoms with Crippen LogP contribution < -0.4 is 14.8 Å². The number of benzene rings is 3. The van der Waals surface area contributed by atoms with Crippen molar-refractivity contribution in [2.45, 2.75) is 19.6 Å². The monoisotopic (exact) mass is 493 g/mol. The van der Waals surface area contributed by atoms with E-state index >= 15 is 0 Å². The van der Waals surface area contributed by atoms with Crippen molar-refractivity contribution >= 4 is 39.1 Å². The highest BCUT2D eigenvalue weighted by atomic mass is 79.9. The number of rotatable bonds is 9. The summed E-state index contributed by atoms with van der Waals surface area (Å²) in [7, 11) is 1.70. The Morgan fingerprint density at radius 3 is 2.41 bits per heavy atom. The van der Waals surface area contributed by atoms with Crippen LogP contribution in [0.2, 0.25) is 10.0 Å². The van der Waals surface area contributed by atoms with Crippen LogP contribution in [-0.2, 0) is 19.6 Å². The molecule has 3 rings (SSSR count). The van der Waals surface area contributed by atoms with E-state index in [9.17, 15) is 0 Å². The van der Waals surface area contributed by atoms with E-state index in [1.807, 2.05) is 48.5 Å². The third-order valence-electron chi connectivity index (χ3n) is 4.54. The lowest BCUT2D eigenvalue weighted by Gasteiger charge is -2.15. The fourth-order valence-corrected chi connectivity index (χ4v) is 3.92. The maximum absolute atomic E-state index is 6.25. The van der Waals surface area contributed by atoms with Gasteiger partial charge in [-0.1, -0.05) is 63.4 Å². The molecular formula is C23H22BrCl2NO2.